The maximum atomic E-state index is 12.8. The first-order chi connectivity index (χ1) is 12.0. The molecule has 0 unspecified atom stereocenters. The van der Waals surface area contributed by atoms with Gasteiger partial charge in [-0.1, -0.05) is 11.3 Å². The number of rotatable bonds is 3. The number of hydrogen-bond donors (Lipinski definition) is 1. The molecule has 1 amide bonds. The van der Waals surface area contributed by atoms with E-state index in [0.717, 1.165) is 41.2 Å². The molecular formula is C16H18N6O2S. The lowest BCUT2D eigenvalue weighted by Crippen LogP contribution is -2.13. The van der Waals surface area contributed by atoms with E-state index in [0.29, 0.717) is 16.3 Å². The first-order valence-corrected chi connectivity index (χ1v) is 8.92. The Labute approximate surface area is 148 Å². The van der Waals surface area contributed by atoms with Crippen molar-refractivity contribution in [1.29, 1.82) is 0 Å². The molecular weight excluding hydrogens is 340 g/mol. The molecule has 0 spiro atoms. The fourth-order valence-corrected chi connectivity index (χ4v) is 3.92. The molecule has 1 fully saturated rings. The minimum absolute atomic E-state index is 0.00130. The quantitative estimate of drug-likeness (QED) is 0.773. The predicted molar refractivity (Wildman–Crippen MR) is 93.8 cm³/mol. The molecule has 4 heterocycles. The van der Waals surface area contributed by atoms with Gasteiger partial charge in [0.05, 0.1) is 16.6 Å². The van der Waals surface area contributed by atoms with Crippen LogP contribution in [0.1, 0.15) is 45.7 Å². The summed E-state index contributed by atoms with van der Waals surface area (Å²) in [7, 11) is 1.82. The fraction of sp³-hybridized carbons (Fsp3) is 0.438. The lowest BCUT2D eigenvalue weighted by molar-refractivity contribution is 0.102. The maximum Gasteiger partial charge on any atom is 0.258 e. The molecule has 0 aliphatic carbocycles. The van der Waals surface area contributed by atoms with Gasteiger partial charge < -0.3 is 4.74 Å². The third-order valence-corrected chi connectivity index (χ3v) is 5.14. The van der Waals surface area contributed by atoms with E-state index in [2.05, 4.69) is 25.6 Å². The largest absolute Gasteiger partial charge is 0.371 e. The number of anilines is 1. The molecule has 1 aliphatic heterocycles. The van der Waals surface area contributed by atoms with Crippen molar-refractivity contribution in [3.63, 3.8) is 0 Å². The van der Waals surface area contributed by atoms with E-state index >= 15 is 0 Å². The lowest BCUT2D eigenvalue weighted by Gasteiger charge is -2.05. The smallest absolute Gasteiger partial charge is 0.258 e. The van der Waals surface area contributed by atoms with Gasteiger partial charge in [-0.05, 0) is 32.8 Å². The van der Waals surface area contributed by atoms with Gasteiger partial charge >= 0.3 is 0 Å². The third kappa shape index (κ3) is 2.89. The Morgan fingerprint density at radius 1 is 1.40 bits per heavy atom. The van der Waals surface area contributed by atoms with Crippen molar-refractivity contribution in [3.8, 4) is 0 Å². The zero-order valence-corrected chi connectivity index (χ0v) is 15.1. The Morgan fingerprint density at radius 3 is 3.00 bits per heavy atom. The number of pyridine rings is 1. The summed E-state index contributed by atoms with van der Waals surface area (Å²) in [5.41, 5.74) is 2.77. The van der Waals surface area contributed by atoms with E-state index in [1.807, 2.05) is 20.9 Å². The number of ether oxygens (including phenoxy) is 1. The molecule has 1 aliphatic rings. The van der Waals surface area contributed by atoms with Gasteiger partial charge in [-0.15, -0.1) is 10.2 Å². The van der Waals surface area contributed by atoms with E-state index in [1.54, 1.807) is 10.7 Å². The maximum absolute atomic E-state index is 12.8. The Balaban J connectivity index is 1.64. The first-order valence-electron chi connectivity index (χ1n) is 8.10. The number of amides is 1. The highest BCUT2D eigenvalue weighted by Gasteiger charge is 2.23. The monoisotopic (exact) mass is 358 g/mol. The van der Waals surface area contributed by atoms with Crippen LogP contribution in [-0.4, -0.2) is 37.5 Å². The van der Waals surface area contributed by atoms with E-state index in [-0.39, 0.29) is 12.0 Å². The van der Waals surface area contributed by atoms with Crippen LogP contribution in [0.25, 0.3) is 11.0 Å². The molecule has 8 nitrogen and oxygen atoms in total. The van der Waals surface area contributed by atoms with Gasteiger partial charge in [-0.25, -0.2) is 4.98 Å². The highest BCUT2D eigenvalue weighted by molar-refractivity contribution is 7.15. The molecule has 4 rings (SSSR count). The molecule has 0 bridgehead atoms. The Hall–Kier alpha value is -2.39. The number of fused-ring (bicyclic) bond motifs is 1. The summed E-state index contributed by atoms with van der Waals surface area (Å²) >= 11 is 1.36. The molecule has 3 aromatic rings. The minimum atomic E-state index is -0.235. The summed E-state index contributed by atoms with van der Waals surface area (Å²) in [6.45, 7) is 4.48. The summed E-state index contributed by atoms with van der Waals surface area (Å²) in [5, 5.41) is 17.5. The lowest BCUT2D eigenvalue weighted by atomic mass is 10.1. The summed E-state index contributed by atoms with van der Waals surface area (Å²) in [4.78, 5) is 17.3. The second-order valence-corrected chi connectivity index (χ2v) is 7.13. The number of carbonyl (C=O) groups excluding carboxylic acids is 1. The average Bonchev–Trinajstić information content (AvgIpc) is 3.28. The molecule has 0 saturated carbocycles. The number of aromatic nitrogens is 5. The molecule has 130 valence electrons. The molecule has 0 aromatic carbocycles. The topological polar surface area (TPSA) is 94.8 Å². The van der Waals surface area contributed by atoms with Crippen LogP contribution < -0.4 is 5.32 Å². The third-order valence-electron chi connectivity index (χ3n) is 4.21. The summed E-state index contributed by atoms with van der Waals surface area (Å²) in [5.74, 6) is -0.235. The van der Waals surface area contributed by atoms with Crippen molar-refractivity contribution in [1.82, 2.24) is 25.0 Å². The average molecular weight is 358 g/mol. The first kappa shape index (κ1) is 16.1. The number of hydrogen-bond acceptors (Lipinski definition) is 7. The van der Waals surface area contributed by atoms with Crippen LogP contribution in [-0.2, 0) is 11.8 Å². The van der Waals surface area contributed by atoms with Crippen molar-refractivity contribution in [2.45, 2.75) is 32.8 Å². The van der Waals surface area contributed by atoms with Crippen molar-refractivity contribution in [2.24, 2.45) is 7.05 Å². The second-order valence-electron chi connectivity index (χ2n) is 6.12. The van der Waals surface area contributed by atoms with Crippen LogP contribution in [0.15, 0.2) is 6.07 Å². The van der Waals surface area contributed by atoms with Crippen LogP contribution in [0.5, 0.6) is 0 Å². The van der Waals surface area contributed by atoms with Crippen molar-refractivity contribution in [3.05, 3.63) is 28.0 Å². The van der Waals surface area contributed by atoms with Crippen molar-refractivity contribution < 1.29 is 9.53 Å². The van der Waals surface area contributed by atoms with Crippen molar-refractivity contribution in [2.75, 3.05) is 11.9 Å². The molecule has 1 saturated heterocycles. The highest BCUT2D eigenvalue weighted by Crippen LogP contribution is 2.32. The van der Waals surface area contributed by atoms with Crippen LogP contribution in [0.3, 0.4) is 0 Å². The molecule has 1 atom stereocenters. The zero-order chi connectivity index (χ0) is 17.6. The van der Waals surface area contributed by atoms with Gasteiger partial charge in [0.25, 0.3) is 5.91 Å². The Morgan fingerprint density at radius 2 is 2.24 bits per heavy atom. The second kappa shape index (κ2) is 6.16. The van der Waals surface area contributed by atoms with Crippen molar-refractivity contribution >= 4 is 33.4 Å². The van der Waals surface area contributed by atoms with Gasteiger partial charge in [0, 0.05) is 19.3 Å². The van der Waals surface area contributed by atoms with E-state index in [9.17, 15) is 4.79 Å². The van der Waals surface area contributed by atoms with Gasteiger partial charge in [-0.2, -0.15) is 5.10 Å². The van der Waals surface area contributed by atoms with Gasteiger partial charge in [0.2, 0.25) is 5.13 Å². The molecule has 0 radical (unpaired) electrons. The summed E-state index contributed by atoms with van der Waals surface area (Å²) in [6.07, 6.45) is 1.97. The van der Waals surface area contributed by atoms with Crippen LogP contribution in [0, 0.1) is 13.8 Å². The van der Waals surface area contributed by atoms with Crippen LogP contribution in [0.2, 0.25) is 0 Å². The van der Waals surface area contributed by atoms with Gasteiger partial charge in [0.15, 0.2) is 5.65 Å². The fourth-order valence-electron chi connectivity index (χ4n) is 3.10. The summed E-state index contributed by atoms with van der Waals surface area (Å²) in [6, 6.07) is 1.77. The molecule has 25 heavy (non-hydrogen) atoms. The number of nitrogens with one attached hydrogen (secondary N) is 1. The molecule has 1 N–H and O–H groups in total. The molecule has 9 heteroatoms. The Bertz CT molecular complexity index is 957. The van der Waals surface area contributed by atoms with E-state index < -0.39 is 0 Å². The minimum Gasteiger partial charge on any atom is -0.371 e. The predicted octanol–water partition coefficient (Wildman–Crippen LogP) is 2.54. The highest BCUT2D eigenvalue weighted by atomic mass is 32.1. The normalized spacial score (nSPS) is 17.3. The SMILES string of the molecule is Cc1cc(C(=O)Nc2nnc([C@@H]3CCCO3)s2)c2c(C)nn(C)c2n1. The van der Waals surface area contributed by atoms with Gasteiger partial charge in [0.1, 0.15) is 11.1 Å². The zero-order valence-electron chi connectivity index (χ0n) is 14.2. The Kier molecular flexibility index (Phi) is 3.97. The van der Waals surface area contributed by atoms with E-state index in [4.69, 9.17) is 4.74 Å². The number of carbonyl (C=O) groups is 1. The van der Waals surface area contributed by atoms with E-state index in [1.165, 1.54) is 11.3 Å². The number of aryl methyl sites for hydroxylation is 3. The van der Waals surface area contributed by atoms with Crippen LogP contribution >= 0.6 is 11.3 Å². The van der Waals surface area contributed by atoms with Gasteiger partial charge in [-0.3, -0.25) is 14.8 Å². The summed E-state index contributed by atoms with van der Waals surface area (Å²) < 4.78 is 7.30. The van der Waals surface area contributed by atoms with Crippen LogP contribution in [0.4, 0.5) is 5.13 Å². The molecule has 3 aromatic heterocycles. The number of nitrogens with zero attached hydrogens (tertiary/aromatic N) is 5. The standard InChI is InChI=1S/C16H18N6O2S/c1-8-7-10(12-9(2)21-22(3)13(12)17-8)14(23)18-16-20-19-15(25-16)11-5-4-6-24-11/h7,11H,4-6H2,1-3H3,(H,18,20,23)/t11-/m0/s1.